The molecule has 0 spiro atoms. The van der Waals surface area contributed by atoms with Gasteiger partial charge in [0, 0.05) is 12.2 Å². The predicted molar refractivity (Wildman–Crippen MR) is 122 cm³/mol. The minimum absolute atomic E-state index is 0.144. The molecular weight excluding hydrogens is 364 g/mol. The Morgan fingerprint density at radius 3 is 1.89 bits per heavy atom. The highest BCUT2D eigenvalue weighted by atomic mass is 32.1. The van der Waals surface area contributed by atoms with Crippen LogP contribution in [0.3, 0.4) is 0 Å². The summed E-state index contributed by atoms with van der Waals surface area (Å²) in [6.07, 6.45) is 4.20. The van der Waals surface area contributed by atoms with E-state index in [0.717, 1.165) is 44.5 Å². The Morgan fingerprint density at radius 1 is 0.964 bits per heavy atom. The molecule has 0 unspecified atom stereocenters. The quantitative estimate of drug-likeness (QED) is 0.260. The molecule has 4 nitrogen and oxygen atoms in total. The molecule has 0 saturated heterocycles. The van der Waals surface area contributed by atoms with Crippen molar-refractivity contribution in [2.75, 3.05) is 13.1 Å². The van der Waals surface area contributed by atoms with Crippen molar-refractivity contribution >= 4 is 17.2 Å². The fourth-order valence-electron chi connectivity index (χ4n) is 2.58. The molecule has 0 bridgehead atoms. The fourth-order valence-corrected chi connectivity index (χ4v) is 2.77. The number of nitriles is 1. The molecule has 0 heterocycles. The first-order chi connectivity index (χ1) is 13.6. The molecule has 0 radical (unpaired) electrons. The summed E-state index contributed by atoms with van der Waals surface area (Å²) in [5.74, 6) is 0. The smallest absolute Gasteiger partial charge is 0.116 e. The van der Waals surface area contributed by atoms with Gasteiger partial charge in [-0.05, 0) is 50.3 Å². The highest BCUT2D eigenvalue weighted by Crippen LogP contribution is 2.04. The van der Waals surface area contributed by atoms with Crippen molar-refractivity contribution in [3.8, 4) is 6.07 Å². The molecule has 28 heavy (non-hydrogen) atoms. The van der Waals surface area contributed by atoms with Gasteiger partial charge in [-0.1, -0.05) is 72.9 Å². The molecule has 5 N–H and O–H groups in total. The Balaban J connectivity index is 0.000000330. The topological polar surface area (TPSA) is 87.9 Å². The summed E-state index contributed by atoms with van der Waals surface area (Å²) < 4.78 is 0. The van der Waals surface area contributed by atoms with Crippen molar-refractivity contribution < 1.29 is 0 Å². The van der Waals surface area contributed by atoms with Crippen molar-refractivity contribution in [1.82, 2.24) is 5.32 Å². The minimum Gasteiger partial charge on any atom is -0.389 e. The molecule has 0 saturated carbocycles. The third-order valence-corrected chi connectivity index (χ3v) is 4.32. The van der Waals surface area contributed by atoms with Gasteiger partial charge in [-0.25, -0.2) is 0 Å². The lowest BCUT2D eigenvalue weighted by molar-refractivity contribution is 0.722. The zero-order valence-electron chi connectivity index (χ0n) is 16.5. The maximum Gasteiger partial charge on any atom is 0.116 e. The van der Waals surface area contributed by atoms with Gasteiger partial charge in [-0.2, -0.15) is 5.26 Å². The molecular formula is C23H30N4S. The molecule has 0 fully saturated rings. The number of nitrogens with two attached hydrogens (primary N) is 2. The van der Waals surface area contributed by atoms with Crippen LogP contribution in [0.1, 0.15) is 30.9 Å². The van der Waals surface area contributed by atoms with Gasteiger partial charge in [0.2, 0.25) is 0 Å². The van der Waals surface area contributed by atoms with Crippen LogP contribution < -0.4 is 16.8 Å². The molecule has 0 aliphatic heterocycles. The molecule has 0 aliphatic carbocycles. The van der Waals surface area contributed by atoms with Crippen LogP contribution in [0.4, 0.5) is 0 Å². The number of hydrogen-bond acceptors (Lipinski definition) is 4. The number of thiocarbonyl (C=S) groups is 1. The number of nitrogens with one attached hydrogen (secondary N) is 1. The van der Waals surface area contributed by atoms with Gasteiger partial charge in [0.15, 0.2) is 0 Å². The third kappa shape index (κ3) is 9.86. The van der Waals surface area contributed by atoms with Crippen molar-refractivity contribution in [1.29, 1.82) is 5.26 Å². The molecule has 0 aromatic heterocycles. The molecule has 0 amide bonds. The van der Waals surface area contributed by atoms with Crippen LogP contribution in [0.25, 0.3) is 0 Å². The van der Waals surface area contributed by atoms with E-state index >= 15 is 0 Å². The van der Waals surface area contributed by atoms with Gasteiger partial charge in [0.05, 0.1) is 0 Å². The summed E-state index contributed by atoms with van der Waals surface area (Å²) in [4.78, 5) is 0.144. The van der Waals surface area contributed by atoms with Crippen molar-refractivity contribution in [2.24, 2.45) is 11.5 Å². The molecule has 0 aliphatic rings. The normalized spacial score (nSPS) is 10.8. The second-order valence-corrected chi connectivity index (χ2v) is 6.81. The average Bonchev–Trinajstić information content (AvgIpc) is 2.72. The number of benzene rings is 2. The van der Waals surface area contributed by atoms with Gasteiger partial charge in [-0.15, -0.1) is 0 Å². The standard InChI is InChI=1S/C14H17N3S.C9H13N/c1-11(13(10-15)14(16)18)17-9-5-8-12-6-3-2-4-7-12;10-8-4-7-9-5-2-1-3-6-9/h2-4,6-7,17H,5,8-9H2,1H3,(H2,16,18);1-3,5-6H,4,7-8,10H2/b13-11-;. The highest BCUT2D eigenvalue weighted by Gasteiger charge is 2.04. The number of aryl methyl sites for hydroxylation is 2. The number of allylic oxidation sites excluding steroid dienone is 1. The van der Waals surface area contributed by atoms with Gasteiger partial charge in [0.1, 0.15) is 16.6 Å². The molecule has 2 rings (SSSR count). The van der Waals surface area contributed by atoms with Crippen LogP contribution in [-0.2, 0) is 12.8 Å². The lowest BCUT2D eigenvalue weighted by atomic mass is 10.1. The van der Waals surface area contributed by atoms with Crippen LogP contribution in [0.15, 0.2) is 71.9 Å². The summed E-state index contributed by atoms with van der Waals surface area (Å²) in [5.41, 5.74) is 14.6. The highest BCUT2D eigenvalue weighted by molar-refractivity contribution is 7.80. The Hall–Kier alpha value is -2.68. The lowest BCUT2D eigenvalue weighted by Gasteiger charge is -2.08. The Morgan fingerprint density at radius 2 is 1.46 bits per heavy atom. The van der Waals surface area contributed by atoms with Crippen LogP contribution in [0.2, 0.25) is 0 Å². The van der Waals surface area contributed by atoms with Crippen molar-refractivity contribution in [3.63, 3.8) is 0 Å². The molecule has 2 aromatic rings. The zero-order valence-corrected chi connectivity index (χ0v) is 17.3. The monoisotopic (exact) mass is 394 g/mol. The van der Waals surface area contributed by atoms with Crippen LogP contribution in [0, 0.1) is 11.3 Å². The van der Waals surface area contributed by atoms with E-state index in [2.05, 4.69) is 41.7 Å². The van der Waals surface area contributed by atoms with Crippen LogP contribution in [-0.4, -0.2) is 18.1 Å². The third-order valence-electron chi connectivity index (χ3n) is 4.12. The predicted octanol–water partition coefficient (Wildman–Crippen LogP) is 3.87. The Kier molecular flexibility index (Phi) is 12.0. The Bertz CT molecular complexity index is 764. The summed E-state index contributed by atoms with van der Waals surface area (Å²) in [6.45, 7) is 3.41. The van der Waals surface area contributed by atoms with E-state index in [1.165, 1.54) is 11.1 Å². The van der Waals surface area contributed by atoms with Gasteiger partial charge in [-0.3, -0.25) is 0 Å². The molecule has 5 heteroatoms. The number of hydrogen-bond donors (Lipinski definition) is 3. The van der Waals surface area contributed by atoms with Crippen LogP contribution in [0.5, 0.6) is 0 Å². The fraction of sp³-hybridized carbons (Fsp3) is 0.304. The van der Waals surface area contributed by atoms with Crippen molar-refractivity contribution in [3.05, 3.63) is 83.1 Å². The van der Waals surface area contributed by atoms with E-state index in [1.807, 2.05) is 37.3 Å². The summed E-state index contributed by atoms with van der Waals surface area (Å²) in [7, 11) is 0. The van der Waals surface area contributed by atoms with E-state index in [0.29, 0.717) is 5.57 Å². The maximum absolute atomic E-state index is 8.89. The van der Waals surface area contributed by atoms with Crippen LogP contribution >= 0.6 is 12.2 Å². The first kappa shape index (κ1) is 23.4. The van der Waals surface area contributed by atoms with Gasteiger partial charge in [0.25, 0.3) is 0 Å². The van der Waals surface area contributed by atoms with Gasteiger partial charge < -0.3 is 16.8 Å². The van der Waals surface area contributed by atoms with Crippen molar-refractivity contribution in [2.45, 2.75) is 32.6 Å². The van der Waals surface area contributed by atoms with E-state index in [1.54, 1.807) is 0 Å². The zero-order chi connectivity index (χ0) is 20.6. The molecule has 148 valence electrons. The first-order valence-electron chi connectivity index (χ1n) is 9.51. The summed E-state index contributed by atoms with van der Waals surface area (Å²) in [6, 6.07) is 22.7. The Labute approximate surface area is 174 Å². The number of rotatable bonds is 9. The van der Waals surface area contributed by atoms with E-state index < -0.39 is 0 Å². The summed E-state index contributed by atoms with van der Waals surface area (Å²) in [5, 5.41) is 12.1. The van der Waals surface area contributed by atoms with E-state index in [9.17, 15) is 0 Å². The molecule has 2 aromatic carbocycles. The van der Waals surface area contributed by atoms with E-state index in [-0.39, 0.29) is 4.99 Å². The average molecular weight is 395 g/mol. The molecule has 0 atom stereocenters. The lowest BCUT2D eigenvalue weighted by Crippen LogP contribution is -2.20. The van der Waals surface area contributed by atoms with E-state index in [4.69, 9.17) is 28.9 Å². The maximum atomic E-state index is 8.89. The first-order valence-corrected chi connectivity index (χ1v) is 9.91. The number of nitrogens with zero attached hydrogens (tertiary/aromatic N) is 1. The second kappa shape index (κ2) is 14.4. The largest absolute Gasteiger partial charge is 0.389 e. The minimum atomic E-state index is 0.144. The second-order valence-electron chi connectivity index (χ2n) is 6.37. The SMILES string of the molecule is C/C(NCCCc1ccccc1)=C(\C#N)C(N)=S.NCCCc1ccccc1. The summed E-state index contributed by atoms with van der Waals surface area (Å²) >= 11 is 4.81. The van der Waals surface area contributed by atoms with Gasteiger partial charge >= 0.3 is 0 Å².